The second kappa shape index (κ2) is 4.87. The fourth-order valence-electron chi connectivity index (χ4n) is 1.77. The van der Waals surface area contributed by atoms with Crippen LogP contribution >= 0.6 is 0 Å². The topological polar surface area (TPSA) is 37.1 Å². The first-order chi connectivity index (χ1) is 8.18. The van der Waals surface area contributed by atoms with Crippen LogP contribution < -0.4 is 0 Å². The van der Waals surface area contributed by atoms with Gasteiger partial charge in [0, 0.05) is 28.2 Å². The van der Waals surface area contributed by atoms with E-state index in [-0.39, 0.29) is 18.2 Å². The quantitative estimate of drug-likeness (QED) is 0.589. The minimum Gasteiger partial charge on any atom is -0.294 e. The van der Waals surface area contributed by atoms with Gasteiger partial charge in [0.25, 0.3) is 0 Å². The molecule has 1 heterocycles. The standard InChI is InChI=1S/C14H14NO2/c1-11-6-5-9-13(15(11)17)10-14(16)12-7-3-2-4-8-12/h2-9,11H,10H2,1H3/q+1. The van der Waals surface area contributed by atoms with Crippen molar-refractivity contribution < 1.29 is 9.55 Å². The predicted molar refractivity (Wildman–Crippen MR) is 65.7 cm³/mol. The molecule has 1 aromatic rings. The molecule has 0 N–H and O–H groups in total. The molecule has 1 atom stereocenters. The number of nitroso groups, excluding NO2 is 1. The highest BCUT2D eigenvalue weighted by Crippen LogP contribution is 2.16. The third kappa shape index (κ3) is 2.56. The fourth-order valence-corrected chi connectivity index (χ4v) is 1.77. The Balaban J connectivity index is 2.12. The van der Waals surface area contributed by atoms with Gasteiger partial charge in [0.2, 0.25) is 11.7 Å². The summed E-state index contributed by atoms with van der Waals surface area (Å²) in [6.07, 6.45) is 5.49. The van der Waals surface area contributed by atoms with Crippen LogP contribution in [0.4, 0.5) is 0 Å². The molecule has 0 spiro atoms. The third-order valence-corrected chi connectivity index (χ3v) is 2.77. The van der Waals surface area contributed by atoms with Crippen LogP contribution in [-0.4, -0.2) is 16.6 Å². The summed E-state index contributed by atoms with van der Waals surface area (Å²) in [5.41, 5.74) is 1.16. The number of nitrogens with zero attached hydrogens (tertiary/aromatic N) is 1. The molecule has 2 rings (SSSR count). The normalized spacial score (nSPS) is 19.0. The van der Waals surface area contributed by atoms with E-state index in [4.69, 9.17) is 0 Å². The molecule has 0 aromatic heterocycles. The van der Waals surface area contributed by atoms with Gasteiger partial charge in [0.05, 0.1) is 0 Å². The molecule has 0 radical (unpaired) electrons. The Morgan fingerprint density at radius 2 is 2.00 bits per heavy atom. The fraction of sp³-hybridized carbons (Fsp3) is 0.214. The summed E-state index contributed by atoms with van der Waals surface area (Å²) < 4.78 is 0.890. The van der Waals surface area contributed by atoms with Gasteiger partial charge in [-0.25, -0.2) is 0 Å². The number of carbonyl (C=O) groups is 1. The highest BCUT2D eigenvalue weighted by molar-refractivity contribution is 5.97. The zero-order valence-electron chi connectivity index (χ0n) is 9.67. The first-order valence-electron chi connectivity index (χ1n) is 5.60. The summed E-state index contributed by atoms with van der Waals surface area (Å²) in [4.78, 5) is 23.7. The maximum absolute atomic E-state index is 11.9. The second-order valence-electron chi connectivity index (χ2n) is 4.08. The molecule has 1 aliphatic rings. The van der Waals surface area contributed by atoms with Crippen molar-refractivity contribution >= 4 is 5.78 Å². The van der Waals surface area contributed by atoms with E-state index in [2.05, 4.69) is 0 Å². The lowest BCUT2D eigenvalue weighted by molar-refractivity contribution is -0.525. The van der Waals surface area contributed by atoms with Crippen molar-refractivity contribution in [3.63, 3.8) is 0 Å². The van der Waals surface area contributed by atoms with Gasteiger partial charge in [-0.05, 0) is 6.08 Å². The van der Waals surface area contributed by atoms with E-state index in [1.165, 1.54) is 0 Å². The Morgan fingerprint density at radius 3 is 2.71 bits per heavy atom. The summed E-state index contributed by atoms with van der Waals surface area (Å²) in [5.74, 6) is -0.0276. The molecule has 1 aliphatic heterocycles. The molecule has 3 nitrogen and oxygen atoms in total. The van der Waals surface area contributed by atoms with E-state index < -0.39 is 0 Å². The Hall–Kier alpha value is -2.03. The summed E-state index contributed by atoms with van der Waals surface area (Å²) in [7, 11) is 0. The average molecular weight is 228 g/mol. The van der Waals surface area contributed by atoms with Gasteiger partial charge in [-0.2, -0.15) is 0 Å². The van der Waals surface area contributed by atoms with Crippen molar-refractivity contribution in [2.45, 2.75) is 19.4 Å². The molecule has 0 bridgehead atoms. The summed E-state index contributed by atoms with van der Waals surface area (Å²) in [6.45, 7) is 1.81. The first-order valence-corrected chi connectivity index (χ1v) is 5.60. The van der Waals surface area contributed by atoms with Crippen molar-refractivity contribution in [1.29, 1.82) is 0 Å². The van der Waals surface area contributed by atoms with Gasteiger partial charge < -0.3 is 0 Å². The number of hydrogen-bond donors (Lipinski definition) is 0. The van der Waals surface area contributed by atoms with Gasteiger partial charge in [-0.3, -0.25) is 4.79 Å². The Morgan fingerprint density at radius 1 is 1.29 bits per heavy atom. The first kappa shape index (κ1) is 11.5. The number of ketones is 1. The maximum atomic E-state index is 11.9. The molecule has 17 heavy (non-hydrogen) atoms. The number of hydrogen-bond acceptors (Lipinski definition) is 2. The van der Waals surface area contributed by atoms with Gasteiger partial charge >= 0.3 is 0 Å². The van der Waals surface area contributed by atoms with E-state index in [1.54, 1.807) is 18.2 Å². The van der Waals surface area contributed by atoms with E-state index in [0.717, 1.165) is 4.76 Å². The van der Waals surface area contributed by atoms with Crippen molar-refractivity contribution in [2.75, 3.05) is 0 Å². The summed E-state index contributed by atoms with van der Waals surface area (Å²) >= 11 is 0. The van der Waals surface area contributed by atoms with Crippen LogP contribution in [0, 0.1) is 4.91 Å². The van der Waals surface area contributed by atoms with E-state index >= 15 is 0 Å². The molecule has 3 heteroatoms. The molecular weight excluding hydrogens is 214 g/mol. The van der Waals surface area contributed by atoms with E-state index in [9.17, 15) is 9.70 Å². The average Bonchev–Trinajstić information content (AvgIpc) is 2.36. The molecule has 0 saturated carbocycles. The maximum Gasteiger partial charge on any atom is 0.241 e. The number of benzene rings is 1. The van der Waals surface area contributed by atoms with Crippen LogP contribution in [0.25, 0.3) is 0 Å². The van der Waals surface area contributed by atoms with E-state index in [0.29, 0.717) is 11.3 Å². The zero-order chi connectivity index (χ0) is 12.3. The Labute approximate surface area is 100 Å². The van der Waals surface area contributed by atoms with Crippen LogP contribution in [0.2, 0.25) is 0 Å². The minimum atomic E-state index is -0.196. The van der Waals surface area contributed by atoms with Gasteiger partial charge in [0.15, 0.2) is 5.78 Å². The van der Waals surface area contributed by atoms with Gasteiger partial charge in [0.1, 0.15) is 6.42 Å². The SMILES string of the molecule is CC1C=CC=C(CC(=O)c2ccccc2)[N+]1=O. The lowest BCUT2D eigenvalue weighted by Gasteiger charge is -2.05. The lowest BCUT2D eigenvalue weighted by atomic mass is 10.0. The molecule has 0 fully saturated rings. The second-order valence-corrected chi connectivity index (χ2v) is 4.08. The Bertz CT molecular complexity index is 500. The number of carbonyl (C=O) groups excluding carboxylic acids is 1. The minimum absolute atomic E-state index is 0.0276. The van der Waals surface area contributed by atoms with Gasteiger partial charge in [-0.15, -0.1) is 0 Å². The molecule has 0 aliphatic carbocycles. The molecule has 0 saturated heterocycles. The van der Waals surface area contributed by atoms with Crippen LogP contribution in [0.1, 0.15) is 23.7 Å². The molecule has 0 amide bonds. The van der Waals surface area contributed by atoms with E-state index in [1.807, 2.05) is 37.3 Å². The number of allylic oxidation sites excluding steroid dienone is 3. The van der Waals surface area contributed by atoms with Crippen LogP contribution in [-0.2, 0) is 0 Å². The van der Waals surface area contributed by atoms with Crippen molar-refractivity contribution in [3.05, 3.63) is 64.7 Å². The van der Waals surface area contributed by atoms with Crippen molar-refractivity contribution in [3.8, 4) is 0 Å². The monoisotopic (exact) mass is 228 g/mol. The highest BCUT2D eigenvalue weighted by Gasteiger charge is 2.27. The van der Waals surface area contributed by atoms with Crippen LogP contribution in [0.15, 0.2) is 54.3 Å². The zero-order valence-corrected chi connectivity index (χ0v) is 9.67. The molecular formula is C14H14NO2+. The van der Waals surface area contributed by atoms with Gasteiger partial charge in [-0.1, -0.05) is 36.4 Å². The predicted octanol–water partition coefficient (Wildman–Crippen LogP) is 2.88. The largest absolute Gasteiger partial charge is 0.294 e. The lowest BCUT2D eigenvalue weighted by Crippen LogP contribution is -2.22. The molecule has 1 aromatic carbocycles. The molecule has 86 valence electrons. The smallest absolute Gasteiger partial charge is 0.241 e. The third-order valence-electron chi connectivity index (χ3n) is 2.77. The molecule has 1 unspecified atom stereocenters. The summed E-state index contributed by atoms with van der Waals surface area (Å²) in [6, 6.07) is 8.83. The van der Waals surface area contributed by atoms with Crippen LogP contribution in [0.5, 0.6) is 0 Å². The number of rotatable bonds is 3. The van der Waals surface area contributed by atoms with Crippen molar-refractivity contribution in [2.24, 2.45) is 0 Å². The summed E-state index contributed by atoms with van der Waals surface area (Å²) in [5, 5.41) is 0. The highest BCUT2D eigenvalue weighted by atomic mass is 16.3. The van der Waals surface area contributed by atoms with Crippen LogP contribution in [0.3, 0.4) is 0 Å². The Kier molecular flexibility index (Phi) is 3.28. The van der Waals surface area contributed by atoms with Crippen molar-refractivity contribution in [1.82, 2.24) is 0 Å². The number of Topliss-reactive ketones (excluding diaryl/α,β-unsaturated/α-hetero) is 1.